The summed E-state index contributed by atoms with van der Waals surface area (Å²) in [6, 6.07) is 16.1. The van der Waals surface area contributed by atoms with E-state index < -0.39 is 5.97 Å². The highest BCUT2D eigenvalue weighted by Gasteiger charge is 2.15. The van der Waals surface area contributed by atoms with Gasteiger partial charge >= 0.3 is 5.97 Å². The molecular formula is C20H18ClNO4. The van der Waals surface area contributed by atoms with Gasteiger partial charge in [0.2, 0.25) is 0 Å². The van der Waals surface area contributed by atoms with Gasteiger partial charge in [0, 0.05) is 10.4 Å². The molecule has 1 N–H and O–H groups in total. The second kappa shape index (κ2) is 8.06. The van der Waals surface area contributed by atoms with E-state index >= 15 is 0 Å². The van der Waals surface area contributed by atoms with Crippen LogP contribution in [0.1, 0.15) is 24.3 Å². The molecule has 5 nitrogen and oxygen atoms in total. The normalized spacial score (nSPS) is 11.9. The molecule has 0 unspecified atom stereocenters. The van der Waals surface area contributed by atoms with Crippen molar-refractivity contribution in [3.05, 3.63) is 70.9 Å². The first-order chi connectivity index (χ1) is 12.5. The summed E-state index contributed by atoms with van der Waals surface area (Å²) >= 11 is 5.80. The number of ether oxygens (including phenoxy) is 1. The number of carbonyl (C=O) groups is 2. The van der Waals surface area contributed by atoms with Crippen molar-refractivity contribution in [3.8, 4) is 0 Å². The van der Waals surface area contributed by atoms with Crippen LogP contribution in [0.2, 0.25) is 5.02 Å². The first kappa shape index (κ1) is 18.0. The van der Waals surface area contributed by atoms with Crippen molar-refractivity contribution in [1.29, 1.82) is 0 Å². The largest absolute Gasteiger partial charge is 0.459 e. The second-order valence-corrected chi connectivity index (χ2v) is 6.38. The van der Waals surface area contributed by atoms with Crippen LogP contribution in [0.4, 0.5) is 0 Å². The van der Waals surface area contributed by atoms with Gasteiger partial charge in [-0.05, 0) is 36.8 Å². The van der Waals surface area contributed by atoms with Crippen LogP contribution >= 0.6 is 11.6 Å². The smallest absolute Gasteiger partial charge is 0.310 e. The summed E-state index contributed by atoms with van der Waals surface area (Å²) in [6.45, 7) is 1.47. The van der Waals surface area contributed by atoms with Crippen LogP contribution in [0.25, 0.3) is 11.0 Å². The van der Waals surface area contributed by atoms with E-state index in [1.807, 2.05) is 37.3 Å². The van der Waals surface area contributed by atoms with Crippen molar-refractivity contribution >= 4 is 34.4 Å². The van der Waals surface area contributed by atoms with Gasteiger partial charge < -0.3 is 14.5 Å². The highest BCUT2D eigenvalue weighted by atomic mass is 35.5. The lowest BCUT2D eigenvalue weighted by atomic mass is 10.1. The van der Waals surface area contributed by atoms with Crippen LogP contribution < -0.4 is 5.32 Å². The molecule has 0 radical (unpaired) electrons. The fourth-order valence-electron chi connectivity index (χ4n) is 2.54. The molecule has 0 spiro atoms. The summed E-state index contributed by atoms with van der Waals surface area (Å²) in [5, 5.41) is 4.33. The summed E-state index contributed by atoms with van der Waals surface area (Å²) in [4.78, 5) is 23.8. The topological polar surface area (TPSA) is 68.5 Å². The Morgan fingerprint density at radius 1 is 1.15 bits per heavy atom. The molecule has 1 heterocycles. The number of furan rings is 1. The molecule has 26 heavy (non-hydrogen) atoms. The number of hydrogen-bond donors (Lipinski definition) is 1. The number of fused-ring (bicyclic) bond motifs is 1. The molecule has 0 aliphatic carbocycles. The van der Waals surface area contributed by atoms with E-state index in [9.17, 15) is 9.59 Å². The Hall–Kier alpha value is -2.79. The highest BCUT2D eigenvalue weighted by Crippen LogP contribution is 2.23. The van der Waals surface area contributed by atoms with E-state index in [0.29, 0.717) is 10.8 Å². The molecule has 6 heteroatoms. The van der Waals surface area contributed by atoms with E-state index in [2.05, 4.69) is 5.32 Å². The molecule has 1 atom stereocenters. The Morgan fingerprint density at radius 3 is 2.62 bits per heavy atom. The van der Waals surface area contributed by atoms with Crippen molar-refractivity contribution in [1.82, 2.24) is 5.32 Å². The number of hydrogen-bond acceptors (Lipinski definition) is 4. The van der Waals surface area contributed by atoms with E-state index in [0.717, 1.165) is 16.5 Å². The molecule has 0 fully saturated rings. The third-order valence-electron chi connectivity index (χ3n) is 3.87. The second-order valence-electron chi connectivity index (χ2n) is 5.94. The van der Waals surface area contributed by atoms with Crippen LogP contribution in [0.3, 0.4) is 0 Å². The SMILES string of the molecule is C[C@H](NC(=O)COC(=O)Cc1ccc(Cl)cc1)c1cc2ccccc2o1. The number of rotatable bonds is 6. The van der Waals surface area contributed by atoms with Crippen molar-refractivity contribution in [2.75, 3.05) is 6.61 Å². The van der Waals surface area contributed by atoms with Gasteiger partial charge in [0.1, 0.15) is 11.3 Å². The molecule has 0 saturated heterocycles. The van der Waals surface area contributed by atoms with Crippen molar-refractivity contribution in [2.24, 2.45) is 0 Å². The molecule has 1 amide bonds. The number of para-hydroxylation sites is 1. The lowest BCUT2D eigenvalue weighted by molar-refractivity contribution is -0.148. The molecule has 3 rings (SSSR count). The minimum atomic E-state index is -0.473. The summed E-state index contributed by atoms with van der Waals surface area (Å²) in [5.41, 5.74) is 1.54. The average Bonchev–Trinajstić information content (AvgIpc) is 3.06. The maximum atomic E-state index is 12.0. The van der Waals surface area contributed by atoms with Gasteiger partial charge in [-0.1, -0.05) is 41.9 Å². The fourth-order valence-corrected chi connectivity index (χ4v) is 2.66. The highest BCUT2D eigenvalue weighted by molar-refractivity contribution is 6.30. The molecule has 0 saturated carbocycles. The van der Waals surface area contributed by atoms with Gasteiger partial charge in [-0.15, -0.1) is 0 Å². The fraction of sp³-hybridized carbons (Fsp3) is 0.200. The van der Waals surface area contributed by atoms with Crippen LogP contribution in [0.5, 0.6) is 0 Å². The molecule has 0 aliphatic heterocycles. The zero-order chi connectivity index (χ0) is 18.5. The van der Waals surface area contributed by atoms with E-state index in [1.54, 1.807) is 24.3 Å². The standard InChI is InChI=1S/C20H18ClNO4/c1-13(18-11-15-4-2-3-5-17(15)26-18)22-19(23)12-25-20(24)10-14-6-8-16(21)9-7-14/h2-9,11,13H,10,12H2,1H3,(H,22,23)/t13-/m0/s1. The Balaban J connectivity index is 1.48. The molecule has 3 aromatic rings. The Bertz CT molecular complexity index is 884. The number of amides is 1. The minimum Gasteiger partial charge on any atom is -0.459 e. The summed E-state index contributed by atoms with van der Waals surface area (Å²) in [6.07, 6.45) is 0.0869. The monoisotopic (exact) mass is 371 g/mol. The quantitative estimate of drug-likeness (QED) is 0.664. The Labute approximate surface area is 155 Å². The summed E-state index contributed by atoms with van der Waals surface area (Å²) in [7, 11) is 0. The zero-order valence-corrected chi connectivity index (χ0v) is 15.0. The third kappa shape index (κ3) is 4.64. The van der Waals surface area contributed by atoms with Crippen molar-refractivity contribution in [3.63, 3.8) is 0 Å². The number of nitrogens with one attached hydrogen (secondary N) is 1. The molecule has 2 aromatic carbocycles. The Morgan fingerprint density at radius 2 is 1.88 bits per heavy atom. The van der Waals surface area contributed by atoms with Gasteiger partial charge in [0.05, 0.1) is 12.5 Å². The minimum absolute atomic E-state index is 0.0869. The van der Waals surface area contributed by atoms with Gasteiger partial charge in [0.15, 0.2) is 6.61 Å². The number of esters is 1. The number of carbonyl (C=O) groups excluding carboxylic acids is 2. The Kier molecular flexibility index (Phi) is 5.58. The van der Waals surface area contributed by atoms with E-state index in [1.165, 1.54) is 0 Å². The lowest BCUT2D eigenvalue weighted by Crippen LogP contribution is -2.31. The van der Waals surface area contributed by atoms with Crippen LogP contribution in [-0.2, 0) is 20.7 Å². The predicted molar refractivity (Wildman–Crippen MR) is 98.9 cm³/mol. The first-order valence-corrected chi connectivity index (χ1v) is 8.57. The van der Waals surface area contributed by atoms with Gasteiger partial charge in [0.25, 0.3) is 5.91 Å². The molecule has 134 valence electrons. The van der Waals surface area contributed by atoms with Gasteiger partial charge in [-0.25, -0.2) is 0 Å². The number of benzene rings is 2. The van der Waals surface area contributed by atoms with Gasteiger partial charge in [-0.2, -0.15) is 0 Å². The van der Waals surface area contributed by atoms with Crippen LogP contribution in [0, 0.1) is 0 Å². The predicted octanol–water partition coefficient (Wildman–Crippen LogP) is 4.05. The maximum Gasteiger partial charge on any atom is 0.310 e. The number of halogens is 1. The maximum absolute atomic E-state index is 12.0. The van der Waals surface area contributed by atoms with Crippen molar-refractivity contribution < 1.29 is 18.7 Å². The summed E-state index contributed by atoms with van der Waals surface area (Å²) in [5.74, 6) is -0.215. The van der Waals surface area contributed by atoms with Crippen LogP contribution in [-0.4, -0.2) is 18.5 Å². The van der Waals surface area contributed by atoms with Gasteiger partial charge in [-0.3, -0.25) is 9.59 Å². The molecular weight excluding hydrogens is 354 g/mol. The van der Waals surface area contributed by atoms with E-state index in [4.69, 9.17) is 20.8 Å². The third-order valence-corrected chi connectivity index (χ3v) is 4.13. The average molecular weight is 372 g/mol. The molecule has 0 aliphatic rings. The lowest BCUT2D eigenvalue weighted by Gasteiger charge is -2.11. The zero-order valence-electron chi connectivity index (χ0n) is 14.2. The van der Waals surface area contributed by atoms with E-state index in [-0.39, 0.29) is 25.0 Å². The van der Waals surface area contributed by atoms with Crippen molar-refractivity contribution in [2.45, 2.75) is 19.4 Å². The summed E-state index contributed by atoms with van der Waals surface area (Å²) < 4.78 is 10.7. The molecule has 1 aromatic heterocycles. The van der Waals surface area contributed by atoms with Crippen LogP contribution in [0.15, 0.2) is 59.0 Å². The molecule has 0 bridgehead atoms. The first-order valence-electron chi connectivity index (χ1n) is 8.19.